The summed E-state index contributed by atoms with van der Waals surface area (Å²) < 4.78 is 4.89. The average Bonchev–Trinajstić information content (AvgIpc) is 3.08. The number of likely N-dealkylation sites (N-methyl/N-ethyl adjacent to an activating group) is 1. The van der Waals surface area contributed by atoms with Crippen LogP contribution < -0.4 is 10.6 Å². The fraction of sp³-hybridized carbons (Fsp3) is 0.235. The summed E-state index contributed by atoms with van der Waals surface area (Å²) in [5.41, 5.74) is 1.64. The Morgan fingerprint density at radius 3 is 2.17 bits per heavy atom. The van der Waals surface area contributed by atoms with E-state index in [2.05, 4.69) is 10.6 Å². The van der Waals surface area contributed by atoms with Crippen LogP contribution in [0, 0.1) is 0 Å². The van der Waals surface area contributed by atoms with Gasteiger partial charge in [-0.2, -0.15) is 0 Å². The summed E-state index contributed by atoms with van der Waals surface area (Å²) >= 11 is 0. The van der Waals surface area contributed by atoms with Gasteiger partial charge >= 0.3 is 0 Å². The molecule has 1 aromatic carbocycles. The van der Waals surface area contributed by atoms with Crippen molar-refractivity contribution < 1.29 is 18.8 Å². The normalized spacial score (nSPS) is 10.1. The summed E-state index contributed by atoms with van der Waals surface area (Å²) in [7, 11) is 0. The van der Waals surface area contributed by atoms with Gasteiger partial charge in [-0.05, 0) is 37.3 Å². The Bertz CT molecular complexity index is 708. The second-order valence-corrected chi connectivity index (χ2v) is 5.14. The predicted octanol–water partition coefficient (Wildman–Crippen LogP) is 2.34. The highest BCUT2D eigenvalue weighted by molar-refractivity contribution is 5.99. The molecule has 2 aromatic rings. The third kappa shape index (κ3) is 4.70. The van der Waals surface area contributed by atoms with Crippen LogP contribution in [0.4, 0.5) is 11.4 Å². The lowest BCUT2D eigenvalue weighted by atomic mass is 10.2. The number of benzene rings is 1. The second-order valence-electron chi connectivity index (χ2n) is 5.14. The monoisotopic (exact) mass is 329 g/mol. The second kappa shape index (κ2) is 7.96. The zero-order valence-corrected chi connectivity index (χ0v) is 13.5. The van der Waals surface area contributed by atoms with Crippen LogP contribution >= 0.6 is 0 Å². The maximum Gasteiger partial charge on any atom is 0.257 e. The summed E-state index contributed by atoms with van der Waals surface area (Å²) in [5.74, 6) is -0.730. The Hall–Kier alpha value is -3.09. The molecule has 1 heterocycles. The van der Waals surface area contributed by atoms with Gasteiger partial charge in [-0.15, -0.1) is 0 Å². The molecule has 0 aliphatic rings. The van der Waals surface area contributed by atoms with Gasteiger partial charge in [0.2, 0.25) is 11.8 Å². The van der Waals surface area contributed by atoms with Gasteiger partial charge < -0.3 is 20.0 Å². The highest BCUT2D eigenvalue weighted by Crippen LogP contribution is 2.14. The zero-order chi connectivity index (χ0) is 17.5. The Kier molecular flexibility index (Phi) is 5.73. The fourth-order valence-corrected chi connectivity index (χ4v) is 2.11. The number of rotatable bonds is 6. The lowest BCUT2D eigenvalue weighted by molar-refractivity contribution is -0.117. The molecule has 0 radical (unpaired) electrons. The molecular formula is C17H19N3O4. The molecule has 2 rings (SSSR count). The van der Waals surface area contributed by atoms with Crippen molar-refractivity contribution in [2.24, 2.45) is 0 Å². The minimum Gasteiger partial charge on any atom is -0.472 e. The molecule has 0 saturated heterocycles. The molecule has 0 unspecified atom stereocenters. The van der Waals surface area contributed by atoms with Crippen molar-refractivity contribution in [3.05, 3.63) is 48.4 Å². The van der Waals surface area contributed by atoms with Crippen molar-refractivity contribution in [2.45, 2.75) is 13.8 Å². The average molecular weight is 329 g/mol. The van der Waals surface area contributed by atoms with Gasteiger partial charge in [0, 0.05) is 24.8 Å². The minimum absolute atomic E-state index is 0.0615. The van der Waals surface area contributed by atoms with Crippen molar-refractivity contribution >= 4 is 29.1 Å². The summed E-state index contributed by atoms with van der Waals surface area (Å²) in [6.45, 7) is 3.56. The van der Waals surface area contributed by atoms with E-state index in [1.165, 1.54) is 24.3 Å². The molecule has 0 fully saturated rings. The minimum atomic E-state index is -0.305. The van der Waals surface area contributed by atoms with Crippen LogP contribution in [-0.2, 0) is 9.59 Å². The third-order valence-corrected chi connectivity index (χ3v) is 3.26. The van der Waals surface area contributed by atoms with Crippen LogP contribution in [0.5, 0.6) is 0 Å². The first-order valence-corrected chi connectivity index (χ1v) is 7.48. The zero-order valence-electron chi connectivity index (χ0n) is 13.5. The fourth-order valence-electron chi connectivity index (χ4n) is 2.11. The molecule has 0 spiro atoms. The molecule has 1 aromatic heterocycles. The van der Waals surface area contributed by atoms with Crippen molar-refractivity contribution in [1.29, 1.82) is 0 Å². The van der Waals surface area contributed by atoms with Gasteiger partial charge in [0.05, 0.1) is 11.8 Å². The van der Waals surface area contributed by atoms with E-state index in [0.717, 1.165) is 0 Å². The van der Waals surface area contributed by atoms with Crippen molar-refractivity contribution in [2.75, 3.05) is 23.7 Å². The molecule has 0 atom stereocenters. The number of nitrogens with zero attached hydrogens (tertiary/aromatic N) is 1. The van der Waals surface area contributed by atoms with Crippen LogP contribution in [0.25, 0.3) is 0 Å². The molecule has 24 heavy (non-hydrogen) atoms. The molecule has 3 amide bonds. The number of amides is 3. The number of furan rings is 1. The molecule has 0 bridgehead atoms. The molecule has 126 valence electrons. The Balaban J connectivity index is 1.94. The van der Waals surface area contributed by atoms with Gasteiger partial charge in [-0.3, -0.25) is 14.4 Å². The third-order valence-electron chi connectivity index (χ3n) is 3.26. The van der Waals surface area contributed by atoms with E-state index in [9.17, 15) is 14.4 Å². The summed E-state index contributed by atoms with van der Waals surface area (Å²) in [6, 6.07) is 8.29. The highest BCUT2D eigenvalue weighted by atomic mass is 16.3. The molecule has 0 aliphatic heterocycles. The van der Waals surface area contributed by atoms with E-state index in [1.807, 2.05) is 0 Å². The van der Waals surface area contributed by atoms with E-state index < -0.39 is 0 Å². The van der Waals surface area contributed by atoms with E-state index in [1.54, 1.807) is 37.3 Å². The first kappa shape index (κ1) is 17.3. The lowest BCUT2D eigenvalue weighted by Crippen LogP contribution is -2.37. The summed E-state index contributed by atoms with van der Waals surface area (Å²) in [4.78, 5) is 36.7. The standard InChI is InChI=1S/C17H19N3O4/c1-3-20(17(23)13-8-9-24-11-13)10-16(22)19-15-6-4-14(5-7-15)18-12(2)21/h4-9,11H,3,10H2,1-2H3,(H,18,21)(H,19,22). The first-order valence-electron chi connectivity index (χ1n) is 7.48. The van der Waals surface area contributed by atoms with Crippen molar-refractivity contribution in [1.82, 2.24) is 4.90 Å². The van der Waals surface area contributed by atoms with Gasteiger partial charge in [-0.25, -0.2) is 0 Å². The Morgan fingerprint density at radius 2 is 1.67 bits per heavy atom. The molecule has 0 aliphatic carbocycles. The number of hydrogen-bond acceptors (Lipinski definition) is 4. The van der Waals surface area contributed by atoms with Crippen LogP contribution in [-0.4, -0.2) is 35.7 Å². The molecule has 0 saturated carbocycles. The highest BCUT2D eigenvalue weighted by Gasteiger charge is 2.18. The van der Waals surface area contributed by atoms with Crippen LogP contribution in [0.15, 0.2) is 47.3 Å². The first-order chi connectivity index (χ1) is 11.5. The molecule has 2 N–H and O–H groups in total. The Labute approximate surface area is 139 Å². The topological polar surface area (TPSA) is 91.7 Å². The summed E-state index contributed by atoms with van der Waals surface area (Å²) in [6.07, 6.45) is 2.77. The number of hydrogen-bond donors (Lipinski definition) is 2. The van der Waals surface area contributed by atoms with E-state index in [0.29, 0.717) is 23.5 Å². The van der Waals surface area contributed by atoms with Crippen LogP contribution in [0.3, 0.4) is 0 Å². The van der Waals surface area contributed by atoms with Gasteiger partial charge in [0.25, 0.3) is 5.91 Å². The SMILES string of the molecule is CCN(CC(=O)Nc1ccc(NC(C)=O)cc1)C(=O)c1ccoc1. The van der Waals surface area contributed by atoms with Crippen molar-refractivity contribution in [3.63, 3.8) is 0 Å². The quantitative estimate of drug-likeness (QED) is 0.851. The largest absolute Gasteiger partial charge is 0.472 e. The number of carbonyl (C=O) groups excluding carboxylic acids is 3. The van der Waals surface area contributed by atoms with Crippen LogP contribution in [0.1, 0.15) is 24.2 Å². The predicted molar refractivity (Wildman–Crippen MR) is 89.7 cm³/mol. The summed E-state index contributed by atoms with van der Waals surface area (Å²) in [5, 5.41) is 5.36. The number of nitrogens with one attached hydrogen (secondary N) is 2. The van der Waals surface area contributed by atoms with Gasteiger partial charge in [-0.1, -0.05) is 0 Å². The molecule has 7 nitrogen and oxygen atoms in total. The lowest BCUT2D eigenvalue weighted by Gasteiger charge is -2.19. The van der Waals surface area contributed by atoms with E-state index >= 15 is 0 Å². The number of carbonyl (C=O) groups is 3. The van der Waals surface area contributed by atoms with Gasteiger partial charge in [0.1, 0.15) is 12.8 Å². The number of anilines is 2. The maximum atomic E-state index is 12.2. The molecular weight excluding hydrogens is 310 g/mol. The van der Waals surface area contributed by atoms with E-state index in [4.69, 9.17) is 4.42 Å². The van der Waals surface area contributed by atoms with Gasteiger partial charge in [0.15, 0.2) is 0 Å². The molecule has 7 heteroatoms. The maximum absolute atomic E-state index is 12.2. The smallest absolute Gasteiger partial charge is 0.257 e. The van der Waals surface area contributed by atoms with E-state index in [-0.39, 0.29) is 24.3 Å². The van der Waals surface area contributed by atoms with Crippen LogP contribution in [0.2, 0.25) is 0 Å². The van der Waals surface area contributed by atoms with Crippen molar-refractivity contribution in [3.8, 4) is 0 Å². The Morgan fingerprint density at radius 1 is 1.04 bits per heavy atom.